The number of aromatic amines is 1. The lowest BCUT2D eigenvalue weighted by molar-refractivity contribution is 0.811. The van der Waals surface area contributed by atoms with Gasteiger partial charge in [0.15, 0.2) is 0 Å². The average molecular weight is 313 g/mol. The van der Waals surface area contributed by atoms with E-state index in [2.05, 4.69) is 4.98 Å². The Kier molecular flexibility index (Phi) is 4.35. The molecule has 0 aliphatic rings. The van der Waals surface area contributed by atoms with E-state index in [0.717, 1.165) is 16.6 Å². The molecule has 1 aromatic carbocycles. The molecule has 0 aliphatic heterocycles. The summed E-state index contributed by atoms with van der Waals surface area (Å²) in [6.07, 6.45) is 1.25. The smallest absolute Gasteiger partial charge is 0.297 e. The van der Waals surface area contributed by atoms with Gasteiger partial charge in [-0.25, -0.2) is 9.36 Å². The summed E-state index contributed by atoms with van der Waals surface area (Å²) in [5, 5.41) is 0.448. The molecule has 0 aliphatic carbocycles. The predicted octanol–water partition coefficient (Wildman–Crippen LogP) is 3.09. The number of nitrogens with zero attached hydrogens (tertiary/aromatic N) is 1. The van der Waals surface area contributed by atoms with Gasteiger partial charge in [-0.15, -0.1) is 0 Å². The SMILES string of the molecule is CCCc1c(Cl)[nH]c(=O)n(-c2ccc(C)cc2Cl)c1=O. The summed E-state index contributed by atoms with van der Waals surface area (Å²) in [5.74, 6) is 0. The van der Waals surface area contributed by atoms with Crippen LogP contribution in [0.2, 0.25) is 10.2 Å². The molecule has 2 aromatic rings. The lowest BCUT2D eigenvalue weighted by Crippen LogP contribution is -2.36. The van der Waals surface area contributed by atoms with Gasteiger partial charge >= 0.3 is 5.69 Å². The molecule has 0 unspecified atom stereocenters. The van der Waals surface area contributed by atoms with Gasteiger partial charge in [0.25, 0.3) is 5.56 Å². The molecule has 1 N–H and O–H groups in total. The van der Waals surface area contributed by atoms with Crippen molar-refractivity contribution in [2.45, 2.75) is 26.7 Å². The maximum absolute atomic E-state index is 12.4. The van der Waals surface area contributed by atoms with E-state index in [-0.39, 0.29) is 5.15 Å². The van der Waals surface area contributed by atoms with Crippen molar-refractivity contribution in [3.8, 4) is 5.69 Å². The van der Waals surface area contributed by atoms with Crippen molar-refractivity contribution in [1.29, 1.82) is 0 Å². The van der Waals surface area contributed by atoms with Gasteiger partial charge in [0, 0.05) is 0 Å². The van der Waals surface area contributed by atoms with Crippen molar-refractivity contribution >= 4 is 23.2 Å². The molecule has 20 heavy (non-hydrogen) atoms. The second-order valence-corrected chi connectivity index (χ2v) is 5.35. The van der Waals surface area contributed by atoms with Crippen molar-refractivity contribution in [1.82, 2.24) is 9.55 Å². The molecule has 0 spiro atoms. The quantitative estimate of drug-likeness (QED) is 0.885. The highest BCUT2D eigenvalue weighted by Gasteiger charge is 2.15. The summed E-state index contributed by atoms with van der Waals surface area (Å²) in [5.41, 5.74) is 0.686. The number of H-pyrrole nitrogens is 1. The highest BCUT2D eigenvalue weighted by atomic mass is 35.5. The van der Waals surface area contributed by atoms with Gasteiger partial charge in [0.1, 0.15) is 5.15 Å². The zero-order valence-corrected chi connectivity index (χ0v) is 12.7. The molecule has 1 heterocycles. The van der Waals surface area contributed by atoms with E-state index in [1.165, 1.54) is 0 Å². The van der Waals surface area contributed by atoms with Crippen LogP contribution in [0.3, 0.4) is 0 Å². The minimum Gasteiger partial charge on any atom is -0.297 e. The number of benzene rings is 1. The summed E-state index contributed by atoms with van der Waals surface area (Å²) >= 11 is 12.1. The zero-order chi connectivity index (χ0) is 14.9. The molecule has 0 radical (unpaired) electrons. The van der Waals surface area contributed by atoms with Crippen LogP contribution in [-0.2, 0) is 6.42 Å². The summed E-state index contributed by atoms with van der Waals surface area (Å²) in [4.78, 5) is 26.9. The summed E-state index contributed by atoms with van der Waals surface area (Å²) in [6.45, 7) is 3.82. The van der Waals surface area contributed by atoms with Crippen LogP contribution in [0.4, 0.5) is 0 Å². The van der Waals surface area contributed by atoms with Crippen LogP contribution in [0.5, 0.6) is 0 Å². The Labute approximate surface area is 126 Å². The Morgan fingerprint density at radius 3 is 2.55 bits per heavy atom. The van der Waals surface area contributed by atoms with Gasteiger partial charge in [-0.1, -0.05) is 42.6 Å². The largest absolute Gasteiger partial charge is 0.334 e. The molecule has 0 saturated heterocycles. The van der Waals surface area contributed by atoms with Gasteiger partial charge in [-0.05, 0) is 31.0 Å². The van der Waals surface area contributed by atoms with Crippen LogP contribution in [0.15, 0.2) is 27.8 Å². The Bertz CT molecular complexity index is 763. The van der Waals surface area contributed by atoms with Gasteiger partial charge in [-0.2, -0.15) is 0 Å². The first-order chi connectivity index (χ1) is 9.45. The van der Waals surface area contributed by atoms with Crippen LogP contribution >= 0.6 is 23.2 Å². The van der Waals surface area contributed by atoms with Gasteiger partial charge in [0.2, 0.25) is 0 Å². The molecule has 2 rings (SSSR count). The fourth-order valence-corrected chi connectivity index (χ4v) is 2.60. The Hall–Kier alpha value is -1.52. The normalized spacial score (nSPS) is 10.8. The second kappa shape index (κ2) is 5.85. The van der Waals surface area contributed by atoms with E-state index >= 15 is 0 Å². The number of aromatic nitrogens is 2. The first-order valence-electron chi connectivity index (χ1n) is 6.26. The number of halogens is 2. The lowest BCUT2D eigenvalue weighted by Gasteiger charge is -2.10. The maximum Gasteiger partial charge on any atom is 0.334 e. The van der Waals surface area contributed by atoms with Crippen molar-refractivity contribution in [2.75, 3.05) is 0 Å². The topological polar surface area (TPSA) is 54.9 Å². The first kappa shape index (κ1) is 14.9. The highest BCUT2D eigenvalue weighted by Crippen LogP contribution is 2.20. The molecule has 6 heteroatoms. The Balaban J connectivity index is 2.77. The summed E-state index contributed by atoms with van der Waals surface area (Å²) in [7, 11) is 0. The number of nitrogens with one attached hydrogen (secondary N) is 1. The van der Waals surface area contributed by atoms with E-state index in [4.69, 9.17) is 23.2 Å². The third kappa shape index (κ3) is 2.67. The lowest BCUT2D eigenvalue weighted by atomic mass is 10.2. The molecule has 0 fully saturated rings. The van der Waals surface area contributed by atoms with Crippen LogP contribution in [0.25, 0.3) is 5.69 Å². The number of hydrogen-bond donors (Lipinski definition) is 1. The van der Waals surface area contributed by atoms with Gasteiger partial charge < -0.3 is 0 Å². The fourth-order valence-electron chi connectivity index (χ4n) is 2.03. The highest BCUT2D eigenvalue weighted by molar-refractivity contribution is 6.32. The molecular formula is C14H14Cl2N2O2. The zero-order valence-electron chi connectivity index (χ0n) is 11.2. The summed E-state index contributed by atoms with van der Waals surface area (Å²) < 4.78 is 1.03. The monoisotopic (exact) mass is 312 g/mol. The predicted molar refractivity (Wildman–Crippen MR) is 81.4 cm³/mol. The van der Waals surface area contributed by atoms with Gasteiger partial charge in [-0.3, -0.25) is 9.78 Å². The molecule has 4 nitrogen and oxygen atoms in total. The molecule has 0 atom stereocenters. The van der Waals surface area contributed by atoms with Crippen molar-refractivity contribution in [2.24, 2.45) is 0 Å². The first-order valence-corrected chi connectivity index (χ1v) is 7.01. The van der Waals surface area contributed by atoms with Gasteiger partial charge in [0.05, 0.1) is 16.3 Å². The number of rotatable bonds is 3. The number of aryl methyl sites for hydroxylation is 1. The maximum atomic E-state index is 12.4. The summed E-state index contributed by atoms with van der Waals surface area (Å²) in [6, 6.07) is 5.15. The Morgan fingerprint density at radius 1 is 1.25 bits per heavy atom. The van der Waals surface area contributed by atoms with Crippen LogP contribution in [0.1, 0.15) is 24.5 Å². The van der Waals surface area contributed by atoms with Crippen LogP contribution in [-0.4, -0.2) is 9.55 Å². The molecular weight excluding hydrogens is 299 g/mol. The molecule has 0 saturated carbocycles. The van der Waals surface area contributed by atoms with Crippen LogP contribution in [0, 0.1) is 6.92 Å². The van der Waals surface area contributed by atoms with E-state index < -0.39 is 11.2 Å². The Morgan fingerprint density at radius 2 is 1.95 bits per heavy atom. The minimum absolute atomic E-state index is 0.0985. The molecule has 0 bridgehead atoms. The third-order valence-corrected chi connectivity index (χ3v) is 3.62. The molecule has 106 valence electrons. The van der Waals surface area contributed by atoms with E-state index in [9.17, 15) is 9.59 Å². The minimum atomic E-state index is -0.592. The standard InChI is InChI=1S/C14H14Cl2N2O2/c1-3-4-9-12(16)17-14(20)18(13(9)19)11-6-5-8(2)7-10(11)15/h5-7H,3-4H2,1-2H3,(H,17,20). The fraction of sp³-hybridized carbons (Fsp3) is 0.286. The third-order valence-electron chi connectivity index (χ3n) is 2.99. The number of hydrogen-bond acceptors (Lipinski definition) is 2. The van der Waals surface area contributed by atoms with Crippen molar-refractivity contribution in [3.05, 3.63) is 60.3 Å². The molecule has 0 amide bonds. The molecule has 1 aromatic heterocycles. The van der Waals surface area contributed by atoms with Crippen LogP contribution < -0.4 is 11.2 Å². The van der Waals surface area contributed by atoms with Crippen molar-refractivity contribution in [3.63, 3.8) is 0 Å². The van der Waals surface area contributed by atoms with E-state index in [1.54, 1.807) is 18.2 Å². The average Bonchev–Trinajstić information content (AvgIpc) is 2.37. The van der Waals surface area contributed by atoms with E-state index in [1.807, 2.05) is 13.8 Å². The second-order valence-electron chi connectivity index (χ2n) is 4.57. The van der Waals surface area contributed by atoms with E-state index in [0.29, 0.717) is 22.7 Å². The van der Waals surface area contributed by atoms with Crippen molar-refractivity contribution < 1.29 is 0 Å².